The van der Waals surface area contributed by atoms with Gasteiger partial charge in [-0.25, -0.2) is 18.4 Å². The number of carbonyl (C=O) groups excluding carboxylic acids is 1. The van der Waals surface area contributed by atoms with E-state index in [4.69, 9.17) is 5.11 Å². The van der Waals surface area contributed by atoms with Crippen molar-refractivity contribution in [2.24, 2.45) is 0 Å². The van der Waals surface area contributed by atoms with Gasteiger partial charge in [0.05, 0.1) is 0 Å². The lowest BCUT2D eigenvalue weighted by Crippen LogP contribution is -2.33. The third-order valence-corrected chi connectivity index (χ3v) is 1.09. The van der Waals surface area contributed by atoms with Gasteiger partial charge in [0.1, 0.15) is 0 Å². The molecule has 0 aromatic carbocycles. The summed E-state index contributed by atoms with van der Waals surface area (Å²) in [5.41, 5.74) is 0. The van der Waals surface area contributed by atoms with E-state index in [9.17, 15) is 27.2 Å². The van der Waals surface area contributed by atoms with Gasteiger partial charge in [0.25, 0.3) is 0 Å². The number of carboxylic acids is 1. The van der Waals surface area contributed by atoms with E-state index in [-0.39, 0.29) is 0 Å². The Labute approximate surface area is 81.1 Å². The SMILES string of the molecule is O=C(O)/C=C\C(=O)OCC(F)(F)C(F)F. The van der Waals surface area contributed by atoms with Crippen LogP contribution in [0.1, 0.15) is 0 Å². The van der Waals surface area contributed by atoms with Crippen LogP contribution in [0.4, 0.5) is 17.6 Å². The molecule has 0 atom stereocenters. The molecule has 0 aliphatic heterocycles. The first-order valence-corrected chi connectivity index (χ1v) is 3.49. The molecule has 0 fully saturated rings. The molecule has 0 amide bonds. The highest BCUT2D eigenvalue weighted by atomic mass is 19.3. The molecule has 0 bridgehead atoms. The van der Waals surface area contributed by atoms with Crippen molar-refractivity contribution in [1.82, 2.24) is 0 Å². The maximum atomic E-state index is 12.1. The standard InChI is InChI=1S/C7H6F4O4/c8-6(9)7(10,11)3-15-5(14)2-1-4(12)13/h1-2,6H,3H2,(H,12,13)/b2-1-. The first kappa shape index (κ1) is 13.4. The fourth-order valence-corrected chi connectivity index (χ4v) is 0.418. The molecule has 0 unspecified atom stereocenters. The molecule has 0 aromatic heterocycles. The van der Waals surface area contributed by atoms with E-state index in [2.05, 4.69) is 4.74 Å². The summed E-state index contributed by atoms with van der Waals surface area (Å²) in [5.74, 6) is -7.36. The summed E-state index contributed by atoms with van der Waals surface area (Å²) in [6, 6.07) is 0. The van der Waals surface area contributed by atoms with E-state index in [0.717, 1.165) is 0 Å². The van der Waals surface area contributed by atoms with Crippen LogP contribution in [-0.2, 0) is 14.3 Å². The minimum atomic E-state index is -4.44. The second kappa shape index (κ2) is 5.32. The van der Waals surface area contributed by atoms with Gasteiger partial charge >= 0.3 is 24.3 Å². The summed E-state index contributed by atoms with van der Waals surface area (Å²) in [7, 11) is 0. The molecule has 4 nitrogen and oxygen atoms in total. The number of halogens is 4. The predicted octanol–water partition coefficient (Wildman–Crippen LogP) is 1.07. The molecular formula is C7H6F4O4. The van der Waals surface area contributed by atoms with Gasteiger partial charge in [-0.3, -0.25) is 0 Å². The average Bonchev–Trinajstić information content (AvgIpc) is 2.11. The molecule has 0 saturated carbocycles. The summed E-state index contributed by atoms with van der Waals surface area (Å²) in [5, 5.41) is 8.02. The quantitative estimate of drug-likeness (QED) is 0.436. The van der Waals surface area contributed by atoms with Gasteiger partial charge in [0, 0.05) is 12.2 Å². The molecule has 0 aliphatic carbocycles. The summed E-state index contributed by atoms with van der Waals surface area (Å²) < 4.78 is 51.0. The zero-order valence-corrected chi connectivity index (χ0v) is 7.12. The highest BCUT2D eigenvalue weighted by Gasteiger charge is 2.42. The van der Waals surface area contributed by atoms with Crippen LogP contribution in [0.3, 0.4) is 0 Å². The van der Waals surface area contributed by atoms with Crippen molar-refractivity contribution in [3.8, 4) is 0 Å². The maximum Gasteiger partial charge on any atom is 0.340 e. The van der Waals surface area contributed by atoms with E-state index < -0.39 is 30.9 Å². The van der Waals surface area contributed by atoms with Gasteiger partial charge < -0.3 is 9.84 Å². The molecule has 0 radical (unpaired) electrons. The fraction of sp³-hybridized carbons (Fsp3) is 0.429. The third-order valence-electron chi connectivity index (χ3n) is 1.09. The van der Waals surface area contributed by atoms with Crippen molar-refractivity contribution in [2.75, 3.05) is 6.61 Å². The van der Waals surface area contributed by atoms with Crippen LogP contribution in [0, 0.1) is 0 Å². The molecule has 8 heteroatoms. The van der Waals surface area contributed by atoms with Gasteiger partial charge in [-0.15, -0.1) is 0 Å². The van der Waals surface area contributed by atoms with Crippen molar-refractivity contribution < 1.29 is 37.0 Å². The molecule has 0 aromatic rings. The Bertz CT molecular complexity index is 274. The summed E-state index contributed by atoms with van der Waals surface area (Å²) in [4.78, 5) is 20.3. The Balaban J connectivity index is 4.06. The number of rotatable bonds is 5. The van der Waals surface area contributed by atoms with Crippen LogP contribution in [0.5, 0.6) is 0 Å². The Morgan fingerprint density at radius 1 is 1.33 bits per heavy atom. The largest absolute Gasteiger partial charge is 0.478 e. The van der Waals surface area contributed by atoms with Crippen molar-refractivity contribution >= 4 is 11.9 Å². The van der Waals surface area contributed by atoms with Crippen LogP contribution in [-0.4, -0.2) is 36.0 Å². The second-order valence-electron chi connectivity index (χ2n) is 2.34. The van der Waals surface area contributed by atoms with Gasteiger partial charge in [-0.1, -0.05) is 0 Å². The van der Waals surface area contributed by atoms with Gasteiger partial charge in [-0.2, -0.15) is 8.78 Å². The minimum absolute atomic E-state index is 0.336. The van der Waals surface area contributed by atoms with Crippen LogP contribution < -0.4 is 0 Å². The van der Waals surface area contributed by atoms with Crippen molar-refractivity contribution in [1.29, 1.82) is 0 Å². The van der Waals surface area contributed by atoms with Gasteiger partial charge in [0.2, 0.25) is 0 Å². The first-order valence-electron chi connectivity index (χ1n) is 3.49. The molecule has 86 valence electrons. The number of aliphatic carboxylic acids is 1. The van der Waals surface area contributed by atoms with Crippen molar-refractivity contribution in [3.63, 3.8) is 0 Å². The second-order valence-corrected chi connectivity index (χ2v) is 2.34. The van der Waals surface area contributed by atoms with E-state index in [0.29, 0.717) is 12.2 Å². The minimum Gasteiger partial charge on any atom is -0.478 e. The topological polar surface area (TPSA) is 63.6 Å². The summed E-state index contributed by atoms with van der Waals surface area (Å²) in [6.45, 7) is -1.80. The van der Waals surface area contributed by atoms with Gasteiger partial charge in [0.15, 0.2) is 6.61 Å². The normalized spacial score (nSPS) is 12.1. The van der Waals surface area contributed by atoms with Crippen molar-refractivity contribution in [3.05, 3.63) is 12.2 Å². The number of hydrogen-bond donors (Lipinski definition) is 1. The maximum absolute atomic E-state index is 12.1. The zero-order chi connectivity index (χ0) is 12.1. The number of esters is 1. The van der Waals surface area contributed by atoms with Crippen LogP contribution in [0.25, 0.3) is 0 Å². The molecule has 0 aliphatic rings. The van der Waals surface area contributed by atoms with E-state index in [1.807, 2.05) is 0 Å². The molecule has 15 heavy (non-hydrogen) atoms. The number of alkyl halides is 4. The Hall–Kier alpha value is -1.60. The summed E-state index contributed by atoms with van der Waals surface area (Å²) >= 11 is 0. The third kappa shape index (κ3) is 5.66. The molecule has 0 spiro atoms. The highest BCUT2D eigenvalue weighted by molar-refractivity contribution is 5.90. The smallest absolute Gasteiger partial charge is 0.340 e. The molecular weight excluding hydrogens is 224 g/mol. The molecule has 0 saturated heterocycles. The van der Waals surface area contributed by atoms with E-state index in [1.165, 1.54) is 0 Å². The Morgan fingerprint density at radius 3 is 2.27 bits per heavy atom. The van der Waals surface area contributed by atoms with Crippen molar-refractivity contribution in [2.45, 2.75) is 12.3 Å². The zero-order valence-electron chi connectivity index (χ0n) is 7.12. The lowest BCUT2D eigenvalue weighted by atomic mass is 10.4. The monoisotopic (exact) mass is 230 g/mol. The van der Waals surface area contributed by atoms with E-state index in [1.54, 1.807) is 0 Å². The van der Waals surface area contributed by atoms with Crippen LogP contribution in [0.2, 0.25) is 0 Å². The predicted molar refractivity (Wildman–Crippen MR) is 38.7 cm³/mol. The molecule has 0 rings (SSSR count). The Morgan fingerprint density at radius 2 is 1.87 bits per heavy atom. The lowest BCUT2D eigenvalue weighted by Gasteiger charge is -2.13. The lowest BCUT2D eigenvalue weighted by molar-refractivity contribution is -0.176. The number of ether oxygens (including phenoxy) is 1. The average molecular weight is 230 g/mol. The number of carbonyl (C=O) groups is 2. The van der Waals surface area contributed by atoms with Crippen LogP contribution in [0.15, 0.2) is 12.2 Å². The number of carboxylic acid groups (broad SMARTS) is 1. The number of hydrogen-bond acceptors (Lipinski definition) is 3. The molecule has 0 heterocycles. The fourth-order valence-electron chi connectivity index (χ4n) is 0.418. The highest BCUT2D eigenvalue weighted by Crippen LogP contribution is 2.22. The molecule has 1 N–H and O–H groups in total. The first-order chi connectivity index (χ1) is 6.75. The van der Waals surface area contributed by atoms with Gasteiger partial charge in [-0.05, 0) is 0 Å². The summed E-state index contributed by atoms with van der Waals surface area (Å²) in [6.07, 6.45) is -3.28. The Kier molecular flexibility index (Phi) is 4.75. The van der Waals surface area contributed by atoms with E-state index >= 15 is 0 Å². The van der Waals surface area contributed by atoms with Crippen LogP contribution >= 0.6 is 0 Å².